The Bertz CT molecular complexity index is 584. The highest BCUT2D eigenvalue weighted by Gasteiger charge is 2.10. The molecule has 0 spiro atoms. The lowest BCUT2D eigenvalue weighted by atomic mass is 10.1. The van der Waals surface area contributed by atoms with Gasteiger partial charge in [0.25, 0.3) is 0 Å². The fourth-order valence-corrected chi connectivity index (χ4v) is 2.06. The molecule has 0 unspecified atom stereocenters. The summed E-state index contributed by atoms with van der Waals surface area (Å²) in [5.74, 6) is 1.24. The van der Waals surface area contributed by atoms with Gasteiger partial charge in [0.15, 0.2) is 0 Å². The average Bonchev–Trinajstić information content (AvgIpc) is 2.38. The number of nitrogens with one attached hydrogen (secondary N) is 1. The molecule has 0 atom stereocenters. The molecule has 1 heterocycles. The van der Waals surface area contributed by atoms with E-state index < -0.39 is 0 Å². The van der Waals surface area contributed by atoms with E-state index in [4.69, 9.17) is 17.3 Å². The summed E-state index contributed by atoms with van der Waals surface area (Å²) in [5, 5.41) is 3.90. The minimum absolute atomic E-state index is 0.517. The van der Waals surface area contributed by atoms with Gasteiger partial charge in [-0.15, -0.1) is 0 Å². The van der Waals surface area contributed by atoms with Crippen LogP contribution in [0.15, 0.2) is 24.5 Å². The van der Waals surface area contributed by atoms with Crippen molar-refractivity contribution in [2.45, 2.75) is 26.7 Å². The minimum atomic E-state index is 0.517. The number of hydrogen-bond acceptors (Lipinski definition) is 4. The van der Waals surface area contributed by atoms with E-state index in [1.807, 2.05) is 25.1 Å². The van der Waals surface area contributed by atoms with Crippen LogP contribution >= 0.6 is 11.6 Å². The summed E-state index contributed by atoms with van der Waals surface area (Å²) in [6, 6.07) is 5.81. The molecule has 0 saturated carbocycles. The standard InChI is InChI=1S/C14H17ClN4/c1-3-4-10-13(16)17-8-18-14(10)19-12-7-9(2)5-6-11(12)15/h5-8H,3-4H2,1-2H3,(H3,16,17,18,19). The Morgan fingerprint density at radius 2 is 2.11 bits per heavy atom. The first-order valence-electron chi connectivity index (χ1n) is 6.24. The van der Waals surface area contributed by atoms with Crippen LogP contribution in [0, 0.1) is 6.92 Å². The Morgan fingerprint density at radius 1 is 1.32 bits per heavy atom. The van der Waals surface area contributed by atoms with Crippen molar-refractivity contribution < 1.29 is 0 Å². The molecule has 3 N–H and O–H groups in total. The lowest BCUT2D eigenvalue weighted by Gasteiger charge is -2.13. The molecule has 0 fully saturated rings. The summed E-state index contributed by atoms with van der Waals surface area (Å²) >= 11 is 6.18. The normalized spacial score (nSPS) is 10.5. The summed E-state index contributed by atoms with van der Waals surface area (Å²) in [6.07, 6.45) is 3.27. The number of anilines is 3. The van der Waals surface area contributed by atoms with Gasteiger partial charge in [-0.1, -0.05) is 31.0 Å². The van der Waals surface area contributed by atoms with Gasteiger partial charge in [0.2, 0.25) is 0 Å². The maximum atomic E-state index is 6.18. The van der Waals surface area contributed by atoms with Gasteiger partial charge in [0.05, 0.1) is 10.7 Å². The molecule has 0 aliphatic carbocycles. The number of benzene rings is 1. The van der Waals surface area contributed by atoms with E-state index in [1.54, 1.807) is 0 Å². The van der Waals surface area contributed by atoms with Gasteiger partial charge in [-0.25, -0.2) is 9.97 Å². The number of halogens is 1. The number of nitrogens with two attached hydrogens (primary N) is 1. The summed E-state index contributed by atoms with van der Waals surface area (Å²) in [5.41, 5.74) is 8.80. The highest BCUT2D eigenvalue weighted by molar-refractivity contribution is 6.33. The fraction of sp³-hybridized carbons (Fsp3) is 0.286. The highest BCUT2D eigenvalue weighted by atomic mass is 35.5. The maximum absolute atomic E-state index is 6.18. The van der Waals surface area contributed by atoms with E-state index in [-0.39, 0.29) is 0 Å². The van der Waals surface area contributed by atoms with E-state index in [2.05, 4.69) is 22.2 Å². The average molecular weight is 277 g/mol. The van der Waals surface area contributed by atoms with Gasteiger partial charge < -0.3 is 11.1 Å². The van der Waals surface area contributed by atoms with Crippen LogP contribution in [0.5, 0.6) is 0 Å². The van der Waals surface area contributed by atoms with E-state index in [0.717, 1.165) is 35.5 Å². The SMILES string of the molecule is CCCc1c(N)ncnc1Nc1cc(C)ccc1Cl. The molecule has 5 heteroatoms. The molecule has 0 bridgehead atoms. The molecule has 2 aromatic rings. The Labute approximate surface area is 118 Å². The highest BCUT2D eigenvalue weighted by Crippen LogP contribution is 2.28. The van der Waals surface area contributed by atoms with Gasteiger partial charge in [-0.2, -0.15) is 0 Å². The Kier molecular flexibility index (Phi) is 4.22. The van der Waals surface area contributed by atoms with Crippen LogP contribution in [-0.4, -0.2) is 9.97 Å². The molecular weight excluding hydrogens is 260 g/mol. The van der Waals surface area contributed by atoms with Crippen LogP contribution in [0.2, 0.25) is 5.02 Å². The van der Waals surface area contributed by atoms with Crippen molar-refractivity contribution in [2.75, 3.05) is 11.1 Å². The van der Waals surface area contributed by atoms with Crippen molar-refractivity contribution in [1.82, 2.24) is 9.97 Å². The van der Waals surface area contributed by atoms with E-state index in [9.17, 15) is 0 Å². The Hall–Kier alpha value is -1.81. The molecule has 19 heavy (non-hydrogen) atoms. The van der Waals surface area contributed by atoms with E-state index >= 15 is 0 Å². The zero-order valence-electron chi connectivity index (χ0n) is 11.1. The molecule has 1 aromatic heterocycles. The van der Waals surface area contributed by atoms with Crippen molar-refractivity contribution in [3.63, 3.8) is 0 Å². The predicted octanol–water partition coefficient (Wildman–Crippen LogP) is 3.72. The van der Waals surface area contributed by atoms with E-state index in [0.29, 0.717) is 10.8 Å². The number of rotatable bonds is 4. The largest absolute Gasteiger partial charge is 0.383 e. The lowest BCUT2D eigenvalue weighted by molar-refractivity contribution is 0.908. The van der Waals surface area contributed by atoms with Crippen LogP contribution in [-0.2, 0) is 6.42 Å². The summed E-state index contributed by atoms with van der Waals surface area (Å²) in [6.45, 7) is 4.11. The number of nitrogen functional groups attached to an aromatic ring is 1. The first kappa shape index (κ1) is 13.6. The summed E-state index contributed by atoms with van der Waals surface area (Å²) < 4.78 is 0. The fourth-order valence-electron chi connectivity index (χ4n) is 1.89. The van der Waals surface area contributed by atoms with Gasteiger partial charge >= 0.3 is 0 Å². The zero-order valence-corrected chi connectivity index (χ0v) is 11.8. The van der Waals surface area contributed by atoms with Gasteiger partial charge in [-0.3, -0.25) is 0 Å². The second-order valence-electron chi connectivity index (χ2n) is 4.44. The second kappa shape index (κ2) is 5.89. The van der Waals surface area contributed by atoms with Crippen molar-refractivity contribution >= 4 is 28.9 Å². The summed E-state index contributed by atoms with van der Waals surface area (Å²) in [4.78, 5) is 8.30. The Balaban J connectivity index is 2.37. The number of nitrogens with zero attached hydrogens (tertiary/aromatic N) is 2. The number of hydrogen-bond donors (Lipinski definition) is 2. The second-order valence-corrected chi connectivity index (χ2v) is 4.85. The molecule has 4 nitrogen and oxygen atoms in total. The quantitative estimate of drug-likeness (QED) is 0.893. The molecule has 2 rings (SSSR count). The predicted molar refractivity (Wildman–Crippen MR) is 79.9 cm³/mol. The molecule has 0 amide bonds. The van der Waals surface area contributed by atoms with Crippen LogP contribution < -0.4 is 11.1 Å². The zero-order chi connectivity index (χ0) is 13.8. The third-order valence-electron chi connectivity index (χ3n) is 2.85. The molecule has 0 saturated heterocycles. The smallest absolute Gasteiger partial charge is 0.139 e. The minimum Gasteiger partial charge on any atom is -0.383 e. The van der Waals surface area contributed by atoms with Gasteiger partial charge in [-0.05, 0) is 31.0 Å². The van der Waals surface area contributed by atoms with Crippen molar-refractivity contribution in [3.8, 4) is 0 Å². The van der Waals surface area contributed by atoms with Gasteiger partial charge in [0, 0.05) is 5.56 Å². The Morgan fingerprint density at radius 3 is 2.84 bits per heavy atom. The third-order valence-corrected chi connectivity index (χ3v) is 3.18. The van der Waals surface area contributed by atoms with Crippen LogP contribution in [0.1, 0.15) is 24.5 Å². The molecule has 0 aliphatic rings. The maximum Gasteiger partial charge on any atom is 0.139 e. The number of aryl methyl sites for hydroxylation is 1. The monoisotopic (exact) mass is 276 g/mol. The first-order chi connectivity index (χ1) is 9.11. The van der Waals surface area contributed by atoms with Crippen LogP contribution in [0.4, 0.5) is 17.3 Å². The van der Waals surface area contributed by atoms with Crippen LogP contribution in [0.3, 0.4) is 0 Å². The third kappa shape index (κ3) is 3.15. The van der Waals surface area contributed by atoms with Crippen molar-refractivity contribution in [1.29, 1.82) is 0 Å². The molecule has 0 aliphatic heterocycles. The molecule has 1 aromatic carbocycles. The van der Waals surface area contributed by atoms with E-state index in [1.165, 1.54) is 6.33 Å². The molecular formula is C14H17ClN4. The summed E-state index contributed by atoms with van der Waals surface area (Å²) in [7, 11) is 0. The number of aromatic nitrogens is 2. The van der Waals surface area contributed by atoms with Crippen molar-refractivity contribution in [2.24, 2.45) is 0 Å². The van der Waals surface area contributed by atoms with Crippen LogP contribution in [0.25, 0.3) is 0 Å². The molecule has 0 radical (unpaired) electrons. The lowest BCUT2D eigenvalue weighted by Crippen LogP contribution is -2.05. The van der Waals surface area contributed by atoms with Crippen molar-refractivity contribution in [3.05, 3.63) is 40.7 Å². The first-order valence-corrected chi connectivity index (χ1v) is 6.62. The topological polar surface area (TPSA) is 63.8 Å². The molecule has 100 valence electrons. The van der Waals surface area contributed by atoms with Gasteiger partial charge in [0.1, 0.15) is 18.0 Å².